The quantitative estimate of drug-likeness (QED) is 0.398. The van der Waals surface area contributed by atoms with Gasteiger partial charge in [0, 0.05) is 12.6 Å². The predicted octanol–water partition coefficient (Wildman–Crippen LogP) is 3.52. The SMILES string of the molecule is CCCCC(CCC)CN=C(N)NC(C)C.I. The average Bonchev–Trinajstić information content (AvgIpc) is 2.21. The second-order valence-corrected chi connectivity index (χ2v) is 4.82. The molecular formula is C13H30IN3. The third-order valence-corrected chi connectivity index (χ3v) is 2.62. The van der Waals surface area contributed by atoms with Gasteiger partial charge in [0.15, 0.2) is 5.96 Å². The maximum atomic E-state index is 5.79. The first-order valence-electron chi connectivity index (χ1n) is 6.66. The van der Waals surface area contributed by atoms with Gasteiger partial charge in [-0.1, -0.05) is 33.1 Å². The van der Waals surface area contributed by atoms with Gasteiger partial charge in [-0.2, -0.15) is 0 Å². The minimum atomic E-state index is 0. The molecule has 0 aromatic heterocycles. The first-order valence-corrected chi connectivity index (χ1v) is 6.66. The molecule has 0 saturated heterocycles. The average molecular weight is 355 g/mol. The number of guanidine groups is 1. The Balaban J connectivity index is 0. The maximum absolute atomic E-state index is 5.79. The third-order valence-electron chi connectivity index (χ3n) is 2.62. The lowest BCUT2D eigenvalue weighted by Gasteiger charge is -2.14. The summed E-state index contributed by atoms with van der Waals surface area (Å²) in [5.41, 5.74) is 5.79. The third kappa shape index (κ3) is 12.2. The molecule has 104 valence electrons. The van der Waals surface area contributed by atoms with Crippen LogP contribution in [0.4, 0.5) is 0 Å². The van der Waals surface area contributed by atoms with Crippen molar-refractivity contribution in [2.75, 3.05) is 6.54 Å². The Kier molecular flexibility index (Phi) is 14.2. The molecule has 0 aromatic rings. The molecule has 0 amide bonds. The van der Waals surface area contributed by atoms with Gasteiger partial charge < -0.3 is 11.1 Å². The van der Waals surface area contributed by atoms with Crippen LogP contribution in [0.15, 0.2) is 4.99 Å². The Morgan fingerprint density at radius 3 is 2.29 bits per heavy atom. The van der Waals surface area contributed by atoms with E-state index in [0.717, 1.165) is 6.54 Å². The summed E-state index contributed by atoms with van der Waals surface area (Å²) in [4.78, 5) is 4.42. The summed E-state index contributed by atoms with van der Waals surface area (Å²) in [6.07, 6.45) is 6.35. The number of rotatable bonds is 8. The molecule has 3 N–H and O–H groups in total. The van der Waals surface area contributed by atoms with Crippen molar-refractivity contribution >= 4 is 29.9 Å². The summed E-state index contributed by atoms with van der Waals surface area (Å²) < 4.78 is 0. The number of nitrogens with one attached hydrogen (secondary N) is 1. The van der Waals surface area contributed by atoms with Gasteiger partial charge in [-0.15, -0.1) is 24.0 Å². The van der Waals surface area contributed by atoms with E-state index in [1.54, 1.807) is 0 Å². The van der Waals surface area contributed by atoms with E-state index in [1.807, 2.05) is 0 Å². The summed E-state index contributed by atoms with van der Waals surface area (Å²) in [7, 11) is 0. The van der Waals surface area contributed by atoms with Gasteiger partial charge >= 0.3 is 0 Å². The molecule has 0 rings (SSSR count). The van der Waals surface area contributed by atoms with Gasteiger partial charge in [-0.3, -0.25) is 4.99 Å². The Morgan fingerprint density at radius 2 is 1.82 bits per heavy atom. The molecule has 17 heavy (non-hydrogen) atoms. The lowest BCUT2D eigenvalue weighted by Crippen LogP contribution is -2.37. The summed E-state index contributed by atoms with van der Waals surface area (Å²) in [6, 6.07) is 0.365. The lowest BCUT2D eigenvalue weighted by molar-refractivity contribution is 0.439. The molecule has 1 atom stereocenters. The smallest absolute Gasteiger partial charge is 0.188 e. The van der Waals surface area contributed by atoms with Crippen LogP contribution in [0.1, 0.15) is 59.8 Å². The fourth-order valence-electron chi connectivity index (χ4n) is 1.80. The normalized spacial score (nSPS) is 13.4. The maximum Gasteiger partial charge on any atom is 0.188 e. The summed E-state index contributed by atoms with van der Waals surface area (Å²) in [5.74, 6) is 1.30. The van der Waals surface area contributed by atoms with Gasteiger partial charge in [0.2, 0.25) is 0 Å². The van der Waals surface area contributed by atoms with Crippen LogP contribution in [0, 0.1) is 5.92 Å². The topological polar surface area (TPSA) is 50.4 Å². The molecule has 0 heterocycles. The molecule has 4 heteroatoms. The van der Waals surface area contributed by atoms with Gasteiger partial charge in [0.1, 0.15) is 0 Å². The van der Waals surface area contributed by atoms with Crippen LogP contribution in [0.2, 0.25) is 0 Å². The largest absolute Gasteiger partial charge is 0.370 e. The molecule has 0 aliphatic rings. The van der Waals surface area contributed by atoms with Crippen LogP contribution in [-0.2, 0) is 0 Å². The van der Waals surface area contributed by atoms with Crippen LogP contribution in [0.25, 0.3) is 0 Å². The zero-order chi connectivity index (χ0) is 12.4. The van der Waals surface area contributed by atoms with E-state index in [0.29, 0.717) is 17.9 Å². The van der Waals surface area contributed by atoms with Crippen LogP contribution in [0.5, 0.6) is 0 Å². The summed E-state index contributed by atoms with van der Waals surface area (Å²) >= 11 is 0. The molecule has 0 fully saturated rings. The molecule has 0 aromatic carbocycles. The van der Waals surface area contributed by atoms with Crippen LogP contribution in [-0.4, -0.2) is 18.5 Å². The fourth-order valence-corrected chi connectivity index (χ4v) is 1.80. The zero-order valence-corrected chi connectivity index (χ0v) is 14.2. The van der Waals surface area contributed by atoms with E-state index in [1.165, 1.54) is 32.1 Å². The van der Waals surface area contributed by atoms with E-state index in [2.05, 4.69) is 38.0 Å². The predicted molar refractivity (Wildman–Crippen MR) is 88.1 cm³/mol. The van der Waals surface area contributed by atoms with E-state index >= 15 is 0 Å². The van der Waals surface area contributed by atoms with Gasteiger partial charge in [0.25, 0.3) is 0 Å². The number of nitrogens with zero attached hydrogens (tertiary/aromatic N) is 1. The highest BCUT2D eigenvalue weighted by atomic mass is 127. The first-order chi connectivity index (χ1) is 7.60. The monoisotopic (exact) mass is 355 g/mol. The van der Waals surface area contributed by atoms with Crippen molar-refractivity contribution in [3.63, 3.8) is 0 Å². The molecule has 1 unspecified atom stereocenters. The molecule has 0 saturated carbocycles. The van der Waals surface area contributed by atoms with Crippen molar-refractivity contribution in [2.45, 2.75) is 65.8 Å². The van der Waals surface area contributed by atoms with Crippen molar-refractivity contribution in [3.05, 3.63) is 0 Å². The fraction of sp³-hybridized carbons (Fsp3) is 0.923. The van der Waals surface area contributed by atoms with E-state index in [4.69, 9.17) is 5.73 Å². The van der Waals surface area contributed by atoms with Crippen molar-refractivity contribution < 1.29 is 0 Å². The summed E-state index contributed by atoms with van der Waals surface area (Å²) in [5, 5.41) is 3.12. The standard InChI is InChI=1S/C13H29N3.HI/c1-5-7-9-12(8-6-2)10-15-13(14)16-11(3)4;/h11-12H,5-10H2,1-4H3,(H3,14,15,16);1H. The number of hydrogen-bond donors (Lipinski definition) is 2. The van der Waals surface area contributed by atoms with Gasteiger partial charge in [-0.25, -0.2) is 0 Å². The number of unbranched alkanes of at least 4 members (excludes halogenated alkanes) is 1. The Morgan fingerprint density at radius 1 is 1.18 bits per heavy atom. The van der Waals surface area contributed by atoms with Crippen molar-refractivity contribution in [3.8, 4) is 0 Å². The Hall–Kier alpha value is 0. The minimum absolute atomic E-state index is 0. The molecule has 0 bridgehead atoms. The van der Waals surface area contributed by atoms with Crippen molar-refractivity contribution in [1.29, 1.82) is 0 Å². The number of hydrogen-bond acceptors (Lipinski definition) is 1. The summed E-state index contributed by atoms with van der Waals surface area (Å²) in [6.45, 7) is 9.49. The number of aliphatic imine (C=N–C) groups is 1. The molecule has 0 aliphatic carbocycles. The van der Waals surface area contributed by atoms with Gasteiger partial charge in [0.05, 0.1) is 0 Å². The first kappa shape index (κ1) is 19.3. The minimum Gasteiger partial charge on any atom is -0.370 e. The molecular weight excluding hydrogens is 325 g/mol. The van der Waals surface area contributed by atoms with Crippen LogP contribution >= 0.6 is 24.0 Å². The molecule has 0 radical (unpaired) electrons. The van der Waals surface area contributed by atoms with Crippen molar-refractivity contribution in [1.82, 2.24) is 5.32 Å². The lowest BCUT2D eigenvalue weighted by atomic mass is 9.97. The number of nitrogens with two attached hydrogens (primary N) is 1. The second kappa shape index (κ2) is 12.5. The molecule has 3 nitrogen and oxygen atoms in total. The van der Waals surface area contributed by atoms with E-state index in [9.17, 15) is 0 Å². The highest BCUT2D eigenvalue weighted by Gasteiger charge is 2.06. The Labute approximate surface area is 124 Å². The molecule has 0 aliphatic heterocycles. The second-order valence-electron chi connectivity index (χ2n) is 4.82. The molecule has 0 spiro atoms. The van der Waals surface area contributed by atoms with Crippen LogP contribution in [0.3, 0.4) is 0 Å². The zero-order valence-electron chi connectivity index (χ0n) is 11.8. The number of halogens is 1. The van der Waals surface area contributed by atoms with Gasteiger partial charge in [-0.05, 0) is 32.6 Å². The van der Waals surface area contributed by atoms with E-state index in [-0.39, 0.29) is 24.0 Å². The highest BCUT2D eigenvalue weighted by molar-refractivity contribution is 14.0. The Bertz CT molecular complexity index is 193. The van der Waals surface area contributed by atoms with Crippen LogP contribution < -0.4 is 11.1 Å². The van der Waals surface area contributed by atoms with E-state index < -0.39 is 0 Å². The highest BCUT2D eigenvalue weighted by Crippen LogP contribution is 2.14. The van der Waals surface area contributed by atoms with Crippen molar-refractivity contribution in [2.24, 2.45) is 16.6 Å².